The molecule has 2 rings (SSSR count). The highest BCUT2D eigenvalue weighted by Gasteiger charge is 2.08. The molecule has 2 heterocycles. The van der Waals surface area contributed by atoms with E-state index in [0.717, 1.165) is 17.7 Å². The first-order valence-corrected chi connectivity index (χ1v) is 6.90. The van der Waals surface area contributed by atoms with Crippen LogP contribution in [0.15, 0.2) is 24.5 Å². The van der Waals surface area contributed by atoms with E-state index in [2.05, 4.69) is 15.4 Å². The Hall–Kier alpha value is -1.88. The minimum absolute atomic E-state index is 0.145. The van der Waals surface area contributed by atoms with Crippen LogP contribution in [0.3, 0.4) is 0 Å². The Morgan fingerprint density at radius 3 is 2.90 bits per heavy atom. The summed E-state index contributed by atoms with van der Waals surface area (Å²) in [7, 11) is 0. The van der Waals surface area contributed by atoms with E-state index in [1.165, 1.54) is 0 Å². The predicted octanol–water partition coefficient (Wildman–Crippen LogP) is 2.23. The third kappa shape index (κ3) is 3.81. The maximum Gasteiger partial charge on any atom is 0.251 e. The number of aromatic nitrogens is 3. The third-order valence-corrected chi connectivity index (χ3v) is 3.05. The van der Waals surface area contributed by atoms with Gasteiger partial charge < -0.3 is 5.32 Å². The van der Waals surface area contributed by atoms with Crippen LogP contribution >= 0.6 is 11.6 Å². The van der Waals surface area contributed by atoms with Crippen LogP contribution in [0, 0.1) is 6.92 Å². The molecule has 0 aliphatic heterocycles. The number of rotatable bonds is 5. The summed E-state index contributed by atoms with van der Waals surface area (Å²) in [6, 6.07) is 3.34. The second-order valence-electron chi connectivity index (χ2n) is 4.56. The fourth-order valence-electron chi connectivity index (χ4n) is 1.84. The van der Waals surface area contributed by atoms with Crippen molar-refractivity contribution in [1.29, 1.82) is 0 Å². The van der Waals surface area contributed by atoms with Gasteiger partial charge in [-0.05, 0) is 31.0 Å². The summed E-state index contributed by atoms with van der Waals surface area (Å²) in [6.45, 7) is 5.11. The molecule has 0 unspecified atom stereocenters. The molecule has 20 heavy (non-hydrogen) atoms. The van der Waals surface area contributed by atoms with E-state index < -0.39 is 0 Å². The second kappa shape index (κ2) is 6.52. The van der Waals surface area contributed by atoms with Gasteiger partial charge in [-0.15, -0.1) is 0 Å². The fourth-order valence-corrected chi connectivity index (χ4v) is 2.06. The van der Waals surface area contributed by atoms with Gasteiger partial charge in [0.15, 0.2) is 0 Å². The van der Waals surface area contributed by atoms with Gasteiger partial charge in [-0.3, -0.25) is 9.48 Å². The molecular formula is C14H17ClN4O. The maximum atomic E-state index is 12.0. The van der Waals surface area contributed by atoms with Crippen molar-refractivity contribution in [2.45, 2.75) is 26.8 Å². The molecule has 0 aliphatic rings. The first-order valence-electron chi connectivity index (χ1n) is 6.52. The van der Waals surface area contributed by atoms with Crippen molar-refractivity contribution in [2.24, 2.45) is 0 Å². The quantitative estimate of drug-likeness (QED) is 0.860. The molecule has 2 aromatic rings. The van der Waals surface area contributed by atoms with Crippen LogP contribution < -0.4 is 5.32 Å². The SMILES string of the molecule is CCc1cc(C(=O)NCCn2cc(C)cn2)cc(Cl)n1. The highest BCUT2D eigenvalue weighted by Crippen LogP contribution is 2.11. The summed E-state index contributed by atoms with van der Waals surface area (Å²) in [5.41, 5.74) is 2.45. The Bertz CT molecular complexity index is 609. The van der Waals surface area contributed by atoms with Crippen molar-refractivity contribution in [3.8, 4) is 0 Å². The summed E-state index contributed by atoms with van der Waals surface area (Å²) in [5.74, 6) is -0.145. The molecule has 0 aliphatic carbocycles. The molecule has 5 nitrogen and oxygen atoms in total. The molecule has 0 saturated carbocycles. The van der Waals surface area contributed by atoms with Crippen molar-refractivity contribution in [2.75, 3.05) is 6.54 Å². The normalized spacial score (nSPS) is 10.6. The largest absolute Gasteiger partial charge is 0.350 e. The average Bonchev–Trinajstić information content (AvgIpc) is 2.83. The van der Waals surface area contributed by atoms with Crippen LogP contribution in [0.1, 0.15) is 28.5 Å². The van der Waals surface area contributed by atoms with Gasteiger partial charge in [-0.1, -0.05) is 18.5 Å². The van der Waals surface area contributed by atoms with Crippen molar-refractivity contribution >= 4 is 17.5 Å². The number of halogens is 1. The highest BCUT2D eigenvalue weighted by molar-refractivity contribution is 6.29. The fraction of sp³-hybridized carbons (Fsp3) is 0.357. The monoisotopic (exact) mass is 292 g/mol. The lowest BCUT2D eigenvalue weighted by atomic mass is 10.2. The number of amides is 1. The van der Waals surface area contributed by atoms with Gasteiger partial charge in [-0.2, -0.15) is 5.10 Å². The third-order valence-electron chi connectivity index (χ3n) is 2.86. The van der Waals surface area contributed by atoms with Gasteiger partial charge in [0.25, 0.3) is 5.91 Å². The van der Waals surface area contributed by atoms with E-state index >= 15 is 0 Å². The Labute approximate surface area is 123 Å². The topological polar surface area (TPSA) is 59.8 Å². The van der Waals surface area contributed by atoms with Crippen LogP contribution in [-0.2, 0) is 13.0 Å². The van der Waals surface area contributed by atoms with Crippen LogP contribution in [-0.4, -0.2) is 27.2 Å². The van der Waals surface area contributed by atoms with E-state index in [4.69, 9.17) is 11.6 Å². The van der Waals surface area contributed by atoms with Crippen LogP contribution in [0.2, 0.25) is 5.15 Å². The van der Waals surface area contributed by atoms with Crippen molar-refractivity contribution < 1.29 is 4.79 Å². The molecule has 0 radical (unpaired) electrons. The molecule has 0 aromatic carbocycles. The molecule has 0 spiro atoms. The number of nitrogens with one attached hydrogen (secondary N) is 1. The Kier molecular flexibility index (Phi) is 4.74. The Balaban J connectivity index is 1.93. The zero-order valence-electron chi connectivity index (χ0n) is 11.6. The minimum atomic E-state index is -0.145. The predicted molar refractivity (Wildman–Crippen MR) is 77.9 cm³/mol. The Morgan fingerprint density at radius 2 is 2.25 bits per heavy atom. The van der Waals surface area contributed by atoms with Crippen molar-refractivity contribution in [1.82, 2.24) is 20.1 Å². The van der Waals surface area contributed by atoms with Gasteiger partial charge in [0, 0.05) is 24.0 Å². The van der Waals surface area contributed by atoms with Gasteiger partial charge in [0.1, 0.15) is 5.15 Å². The van der Waals surface area contributed by atoms with E-state index in [9.17, 15) is 4.79 Å². The van der Waals surface area contributed by atoms with Crippen molar-refractivity contribution in [3.63, 3.8) is 0 Å². The maximum absolute atomic E-state index is 12.0. The molecule has 0 fully saturated rings. The van der Waals surface area contributed by atoms with Crippen LogP contribution in [0.5, 0.6) is 0 Å². The van der Waals surface area contributed by atoms with E-state index in [0.29, 0.717) is 23.8 Å². The number of hydrogen-bond donors (Lipinski definition) is 1. The molecule has 0 atom stereocenters. The second-order valence-corrected chi connectivity index (χ2v) is 4.95. The standard InChI is InChI=1S/C14H17ClN4O/c1-3-12-6-11(7-13(15)18-12)14(20)16-4-5-19-9-10(2)8-17-19/h6-9H,3-5H2,1-2H3,(H,16,20). The Morgan fingerprint density at radius 1 is 1.45 bits per heavy atom. The summed E-state index contributed by atoms with van der Waals surface area (Å²) >= 11 is 5.90. The zero-order valence-corrected chi connectivity index (χ0v) is 12.3. The molecule has 1 amide bonds. The molecular weight excluding hydrogens is 276 g/mol. The van der Waals surface area contributed by atoms with Gasteiger partial charge in [0.2, 0.25) is 0 Å². The van der Waals surface area contributed by atoms with Crippen LogP contribution in [0.4, 0.5) is 0 Å². The van der Waals surface area contributed by atoms with Gasteiger partial charge in [-0.25, -0.2) is 4.98 Å². The summed E-state index contributed by atoms with van der Waals surface area (Å²) in [4.78, 5) is 16.2. The first kappa shape index (κ1) is 14.5. The summed E-state index contributed by atoms with van der Waals surface area (Å²) in [5, 5.41) is 7.35. The zero-order chi connectivity index (χ0) is 14.5. The molecule has 1 N–H and O–H groups in total. The summed E-state index contributed by atoms with van der Waals surface area (Å²) in [6.07, 6.45) is 4.47. The van der Waals surface area contributed by atoms with Gasteiger partial charge in [0.05, 0.1) is 12.7 Å². The van der Waals surface area contributed by atoms with Crippen molar-refractivity contribution in [3.05, 3.63) is 46.5 Å². The minimum Gasteiger partial charge on any atom is -0.350 e. The summed E-state index contributed by atoms with van der Waals surface area (Å²) < 4.78 is 1.80. The molecule has 0 saturated heterocycles. The average molecular weight is 293 g/mol. The van der Waals surface area contributed by atoms with E-state index in [1.54, 1.807) is 23.0 Å². The molecule has 106 valence electrons. The lowest BCUT2D eigenvalue weighted by Gasteiger charge is -2.07. The number of pyridine rings is 1. The van der Waals surface area contributed by atoms with E-state index in [1.807, 2.05) is 20.0 Å². The molecule has 0 bridgehead atoms. The smallest absolute Gasteiger partial charge is 0.251 e. The molecule has 6 heteroatoms. The number of hydrogen-bond acceptors (Lipinski definition) is 3. The number of aryl methyl sites for hydroxylation is 2. The van der Waals surface area contributed by atoms with Gasteiger partial charge >= 0.3 is 0 Å². The molecule has 2 aromatic heterocycles. The lowest BCUT2D eigenvalue weighted by Crippen LogP contribution is -2.27. The van der Waals surface area contributed by atoms with Crippen LogP contribution in [0.25, 0.3) is 0 Å². The lowest BCUT2D eigenvalue weighted by molar-refractivity contribution is 0.0951. The highest BCUT2D eigenvalue weighted by atomic mass is 35.5. The number of carbonyl (C=O) groups excluding carboxylic acids is 1. The number of nitrogens with zero attached hydrogens (tertiary/aromatic N) is 3. The number of carbonyl (C=O) groups is 1. The van der Waals surface area contributed by atoms with E-state index in [-0.39, 0.29) is 5.91 Å². The first-order chi connectivity index (χ1) is 9.58.